The van der Waals surface area contributed by atoms with E-state index in [-0.39, 0.29) is 5.78 Å². The molecule has 0 saturated heterocycles. The number of hydrogen-bond acceptors (Lipinski definition) is 8. The molecule has 3 aromatic rings. The summed E-state index contributed by atoms with van der Waals surface area (Å²) in [5.74, 6) is -1.73. The third-order valence-electron chi connectivity index (χ3n) is 4.56. The van der Waals surface area contributed by atoms with Crippen molar-refractivity contribution in [2.24, 2.45) is 5.92 Å². The number of carbonyl (C=O) groups is 3. The lowest BCUT2D eigenvalue weighted by atomic mass is 9.85. The van der Waals surface area contributed by atoms with Crippen molar-refractivity contribution in [3.05, 3.63) is 74.6 Å². The Kier molecular flexibility index (Phi) is 7.59. The molecule has 0 amide bonds. The molecular weight excluding hydrogens is 436 g/mol. The first kappa shape index (κ1) is 22.7. The Bertz CT molecular complexity index is 955. The van der Waals surface area contributed by atoms with Crippen molar-refractivity contribution < 1.29 is 28.6 Å². The number of rotatable bonds is 9. The number of ketones is 1. The minimum atomic E-state index is -0.974. The summed E-state index contributed by atoms with van der Waals surface area (Å²) in [6.07, 6.45) is -1.84. The number of methoxy groups -OCH3 is 1. The van der Waals surface area contributed by atoms with E-state index < -0.39 is 30.1 Å². The molecular formula is C23H22O6S2. The fraction of sp³-hybridized carbons (Fsp3) is 0.261. The highest BCUT2D eigenvalue weighted by Crippen LogP contribution is 2.43. The summed E-state index contributed by atoms with van der Waals surface area (Å²) in [5.41, 5.74) is 0.396. The standard InChI is InChI=1S/C23H22O6S2/c1-14(24)28-22(18-6-4-12-30-18)20(21(26)16-8-10-17(27-3)11-9-16)23(29-15(2)25)19-7-5-13-31-19/h4-13,20,22-23H,1-3H3/t20?,22-,23+. The van der Waals surface area contributed by atoms with Crippen LogP contribution < -0.4 is 4.74 Å². The van der Waals surface area contributed by atoms with Gasteiger partial charge in [-0.05, 0) is 47.2 Å². The van der Waals surface area contributed by atoms with Crippen LogP contribution in [0.2, 0.25) is 0 Å². The van der Waals surface area contributed by atoms with E-state index in [1.54, 1.807) is 43.5 Å². The third-order valence-corrected chi connectivity index (χ3v) is 6.43. The molecule has 31 heavy (non-hydrogen) atoms. The van der Waals surface area contributed by atoms with E-state index >= 15 is 0 Å². The van der Waals surface area contributed by atoms with Crippen LogP contribution in [-0.4, -0.2) is 24.8 Å². The minimum Gasteiger partial charge on any atom is -0.497 e. The van der Waals surface area contributed by atoms with E-state index in [9.17, 15) is 14.4 Å². The lowest BCUT2D eigenvalue weighted by Crippen LogP contribution is -2.33. The van der Waals surface area contributed by atoms with Crippen molar-refractivity contribution in [3.63, 3.8) is 0 Å². The van der Waals surface area contributed by atoms with E-state index in [1.165, 1.54) is 36.5 Å². The highest BCUT2D eigenvalue weighted by atomic mass is 32.1. The maximum atomic E-state index is 13.8. The lowest BCUT2D eigenvalue weighted by Gasteiger charge is -2.31. The van der Waals surface area contributed by atoms with Gasteiger partial charge < -0.3 is 14.2 Å². The zero-order chi connectivity index (χ0) is 22.4. The Morgan fingerprint density at radius 1 is 0.774 bits per heavy atom. The van der Waals surface area contributed by atoms with E-state index in [2.05, 4.69) is 0 Å². The molecule has 8 heteroatoms. The van der Waals surface area contributed by atoms with Crippen molar-refractivity contribution in [2.75, 3.05) is 7.11 Å². The van der Waals surface area contributed by atoms with Crippen molar-refractivity contribution in [1.29, 1.82) is 0 Å². The Morgan fingerprint density at radius 3 is 1.61 bits per heavy atom. The summed E-state index contributed by atoms with van der Waals surface area (Å²) < 4.78 is 16.5. The normalized spacial score (nSPS) is 13.6. The molecule has 0 aliphatic carbocycles. The Balaban J connectivity index is 2.13. The largest absolute Gasteiger partial charge is 0.497 e. The molecule has 1 unspecified atom stereocenters. The van der Waals surface area contributed by atoms with E-state index in [0.717, 1.165) is 0 Å². The highest BCUT2D eigenvalue weighted by molar-refractivity contribution is 7.10. The van der Waals surface area contributed by atoms with Gasteiger partial charge in [0.1, 0.15) is 23.9 Å². The molecule has 0 fully saturated rings. The predicted molar refractivity (Wildman–Crippen MR) is 118 cm³/mol. The first-order chi connectivity index (χ1) is 14.9. The molecule has 6 nitrogen and oxygen atoms in total. The van der Waals surface area contributed by atoms with E-state index in [1.807, 2.05) is 22.9 Å². The number of carbonyl (C=O) groups excluding carboxylic acids is 3. The van der Waals surface area contributed by atoms with Crippen molar-refractivity contribution in [3.8, 4) is 5.75 Å². The smallest absolute Gasteiger partial charge is 0.303 e. The van der Waals surface area contributed by atoms with E-state index in [4.69, 9.17) is 14.2 Å². The Hall–Kier alpha value is -2.97. The van der Waals surface area contributed by atoms with Crippen molar-refractivity contribution >= 4 is 40.4 Å². The number of ether oxygens (including phenoxy) is 3. The molecule has 0 saturated carbocycles. The van der Waals surface area contributed by atoms with Crippen LogP contribution in [0, 0.1) is 5.92 Å². The maximum Gasteiger partial charge on any atom is 0.303 e. The van der Waals surface area contributed by atoms with Crippen LogP contribution in [0.1, 0.15) is 46.2 Å². The van der Waals surface area contributed by atoms with Gasteiger partial charge in [-0.25, -0.2) is 0 Å². The quantitative estimate of drug-likeness (QED) is 0.323. The second kappa shape index (κ2) is 10.4. The summed E-state index contributed by atoms with van der Waals surface area (Å²) in [6, 6.07) is 13.9. The Morgan fingerprint density at radius 2 is 1.26 bits per heavy atom. The summed E-state index contributed by atoms with van der Waals surface area (Å²) in [4.78, 5) is 39.1. The Labute approximate surface area is 188 Å². The van der Waals surface area contributed by atoms with Gasteiger partial charge in [-0.15, -0.1) is 22.7 Å². The van der Waals surface area contributed by atoms with Gasteiger partial charge >= 0.3 is 11.9 Å². The highest BCUT2D eigenvalue weighted by Gasteiger charge is 2.42. The zero-order valence-corrected chi connectivity index (χ0v) is 18.9. The number of benzene rings is 1. The van der Waals surface area contributed by atoms with Gasteiger partial charge in [-0.3, -0.25) is 14.4 Å². The van der Waals surface area contributed by atoms with Gasteiger partial charge in [0, 0.05) is 29.2 Å². The molecule has 0 bridgehead atoms. The topological polar surface area (TPSA) is 78.9 Å². The van der Waals surface area contributed by atoms with Crippen LogP contribution in [0.5, 0.6) is 5.75 Å². The average molecular weight is 459 g/mol. The molecule has 3 rings (SSSR count). The van der Waals surface area contributed by atoms with Gasteiger partial charge in [0.15, 0.2) is 5.78 Å². The first-order valence-electron chi connectivity index (χ1n) is 9.50. The molecule has 0 aliphatic rings. The van der Waals surface area contributed by atoms with Crippen molar-refractivity contribution in [1.82, 2.24) is 0 Å². The van der Waals surface area contributed by atoms with Crippen LogP contribution in [0.25, 0.3) is 0 Å². The van der Waals surface area contributed by atoms with Crippen LogP contribution in [0.15, 0.2) is 59.3 Å². The number of thiophene rings is 2. The fourth-order valence-electron chi connectivity index (χ4n) is 3.26. The first-order valence-corrected chi connectivity index (χ1v) is 11.3. The molecule has 1 aromatic carbocycles. The molecule has 2 aromatic heterocycles. The maximum absolute atomic E-state index is 13.8. The van der Waals surface area contributed by atoms with Crippen LogP contribution >= 0.6 is 22.7 Å². The molecule has 0 radical (unpaired) electrons. The molecule has 162 valence electrons. The number of esters is 2. The van der Waals surface area contributed by atoms with Gasteiger partial charge in [0.25, 0.3) is 0 Å². The second-order valence-electron chi connectivity index (χ2n) is 6.71. The monoisotopic (exact) mass is 458 g/mol. The SMILES string of the molecule is COc1ccc(C(=O)C([C@H](OC(C)=O)c2cccs2)[C@@H](OC(C)=O)c2cccs2)cc1. The van der Waals surface area contributed by atoms with Crippen molar-refractivity contribution in [2.45, 2.75) is 26.1 Å². The molecule has 0 aliphatic heterocycles. The summed E-state index contributed by atoms with van der Waals surface area (Å²) >= 11 is 2.73. The van der Waals surface area contributed by atoms with Crippen LogP contribution in [0.3, 0.4) is 0 Å². The van der Waals surface area contributed by atoms with Gasteiger partial charge in [0.05, 0.1) is 7.11 Å². The van der Waals surface area contributed by atoms with Gasteiger partial charge in [-0.1, -0.05) is 12.1 Å². The second-order valence-corrected chi connectivity index (χ2v) is 8.67. The molecule has 0 spiro atoms. The zero-order valence-electron chi connectivity index (χ0n) is 17.3. The molecule has 3 atom stereocenters. The molecule has 0 N–H and O–H groups in total. The number of hydrogen-bond donors (Lipinski definition) is 0. The van der Waals surface area contributed by atoms with Crippen LogP contribution in [-0.2, 0) is 19.1 Å². The number of Topliss-reactive ketones (excluding diaryl/α,β-unsaturated/α-hetero) is 1. The fourth-order valence-corrected chi connectivity index (χ4v) is 4.86. The molecule has 2 heterocycles. The van der Waals surface area contributed by atoms with Gasteiger partial charge in [0.2, 0.25) is 0 Å². The summed E-state index contributed by atoms with van der Waals surface area (Å²) in [6.45, 7) is 2.59. The third kappa shape index (κ3) is 5.59. The van der Waals surface area contributed by atoms with E-state index in [0.29, 0.717) is 21.1 Å². The minimum absolute atomic E-state index is 0.304. The summed E-state index contributed by atoms with van der Waals surface area (Å²) in [5, 5.41) is 3.68. The van der Waals surface area contributed by atoms with Gasteiger partial charge in [-0.2, -0.15) is 0 Å². The lowest BCUT2D eigenvalue weighted by molar-refractivity contribution is -0.157. The predicted octanol–water partition coefficient (Wildman–Crippen LogP) is 5.23. The average Bonchev–Trinajstić information content (AvgIpc) is 3.46. The van der Waals surface area contributed by atoms with Crippen LogP contribution in [0.4, 0.5) is 0 Å². The summed E-state index contributed by atoms with van der Waals surface area (Å²) in [7, 11) is 1.54.